The van der Waals surface area contributed by atoms with Gasteiger partial charge in [0.2, 0.25) is 0 Å². The van der Waals surface area contributed by atoms with Gasteiger partial charge in [0.25, 0.3) is 0 Å². The first-order valence-corrected chi connectivity index (χ1v) is 2.85. The second-order valence-corrected chi connectivity index (χ2v) is 2.02. The monoisotopic (exact) mass is 157 g/mol. The van der Waals surface area contributed by atoms with Gasteiger partial charge in [0, 0.05) is 5.56 Å². The van der Waals surface area contributed by atoms with Crippen molar-refractivity contribution in [1.29, 1.82) is 0 Å². The number of nitrogen functional groups attached to an aromatic ring is 1. The van der Waals surface area contributed by atoms with E-state index >= 15 is 0 Å². The summed E-state index contributed by atoms with van der Waals surface area (Å²) >= 11 is 0. The lowest BCUT2D eigenvalue weighted by Gasteiger charge is -1.97. The minimum absolute atomic E-state index is 0.0291. The summed E-state index contributed by atoms with van der Waals surface area (Å²) in [7, 11) is 0. The Hall–Kier alpha value is -1.45. The topological polar surface area (TPSA) is 43.1 Å². The molecule has 1 aromatic rings. The number of carbonyl (C=O) groups is 1. The third kappa shape index (κ3) is 1.34. The average molecular weight is 157 g/mol. The highest BCUT2D eigenvalue weighted by Gasteiger charge is 2.06. The number of carbonyl (C=O) groups excluding carboxylic acids is 1. The molecule has 58 valence electrons. The minimum atomic E-state index is -1.12. The van der Waals surface area contributed by atoms with Crippen LogP contribution < -0.4 is 5.73 Å². The molecule has 1 aromatic carbocycles. The van der Waals surface area contributed by atoms with Crippen molar-refractivity contribution in [1.82, 2.24) is 0 Å². The molecular weight excluding hydrogens is 152 g/mol. The van der Waals surface area contributed by atoms with Gasteiger partial charge in [-0.3, -0.25) is 4.79 Å². The van der Waals surface area contributed by atoms with E-state index in [1.807, 2.05) is 0 Å². The molecule has 0 unspecified atom stereocenters. The minimum Gasteiger partial charge on any atom is -0.396 e. The van der Waals surface area contributed by atoms with Crippen LogP contribution in [0.25, 0.3) is 0 Å². The summed E-state index contributed by atoms with van der Waals surface area (Å²) in [5, 5.41) is 0. The van der Waals surface area contributed by atoms with E-state index in [-0.39, 0.29) is 11.3 Å². The van der Waals surface area contributed by atoms with E-state index in [0.29, 0.717) is 6.29 Å². The van der Waals surface area contributed by atoms with E-state index in [1.54, 1.807) is 0 Å². The van der Waals surface area contributed by atoms with Crippen LogP contribution in [0.1, 0.15) is 10.4 Å². The molecule has 0 amide bonds. The molecule has 0 bridgehead atoms. The number of halogens is 2. The van der Waals surface area contributed by atoms with Gasteiger partial charge in [-0.1, -0.05) is 0 Å². The highest BCUT2D eigenvalue weighted by atomic mass is 19.2. The fourth-order valence-electron chi connectivity index (χ4n) is 0.700. The summed E-state index contributed by atoms with van der Waals surface area (Å²) in [5.74, 6) is -2.22. The third-order valence-corrected chi connectivity index (χ3v) is 1.21. The van der Waals surface area contributed by atoms with Gasteiger partial charge in [-0.2, -0.15) is 0 Å². The smallest absolute Gasteiger partial charge is 0.181 e. The fraction of sp³-hybridized carbons (Fsp3) is 0. The summed E-state index contributed by atoms with van der Waals surface area (Å²) in [5.41, 5.74) is 4.70. The Kier molecular flexibility index (Phi) is 1.85. The number of hydrogen-bond acceptors (Lipinski definition) is 2. The molecule has 1 rings (SSSR count). The zero-order valence-corrected chi connectivity index (χ0v) is 5.47. The van der Waals surface area contributed by atoms with Crippen molar-refractivity contribution >= 4 is 12.0 Å². The average Bonchev–Trinajstić information content (AvgIpc) is 1.99. The number of rotatable bonds is 1. The zero-order valence-electron chi connectivity index (χ0n) is 5.47. The summed E-state index contributed by atoms with van der Waals surface area (Å²) in [6, 6.07) is 1.87. The van der Waals surface area contributed by atoms with Crippen molar-refractivity contribution in [3.8, 4) is 0 Å². The molecule has 0 aliphatic rings. The van der Waals surface area contributed by atoms with Crippen molar-refractivity contribution in [3.05, 3.63) is 29.3 Å². The van der Waals surface area contributed by atoms with Gasteiger partial charge >= 0.3 is 0 Å². The van der Waals surface area contributed by atoms with Crippen LogP contribution in [0, 0.1) is 11.6 Å². The van der Waals surface area contributed by atoms with Crippen LogP contribution in [-0.4, -0.2) is 6.29 Å². The Morgan fingerprint density at radius 1 is 1.36 bits per heavy atom. The highest BCUT2D eigenvalue weighted by Crippen LogP contribution is 2.15. The van der Waals surface area contributed by atoms with Crippen LogP contribution in [0.3, 0.4) is 0 Å². The fourth-order valence-corrected chi connectivity index (χ4v) is 0.700. The molecule has 0 atom stereocenters. The van der Waals surface area contributed by atoms with Gasteiger partial charge < -0.3 is 5.73 Å². The molecule has 0 aliphatic carbocycles. The molecule has 0 aromatic heterocycles. The third-order valence-electron chi connectivity index (χ3n) is 1.21. The Morgan fingerprint density at radius 3 is 2.45 bits per heavy atom. The zero-order chi connectivity index (χ0) is 8.43. The van der Waals surface area contributed by atoms with Gasteiger partial charge in [0.15, 0.2) is 11.6 Å². The largest absolute Gasteiger partial charge is 0.396 e. The number of anilines is 1. The predicted octanol–water partition coefficient (Wildman–Crippen LogP) is 1.36. The summed E-state index contributed by atoms with van der Waals surface area (Å²) in [4.78, 5) is 10.1. The van der Waals surface area contributed by atoms with Crippen molar-refractivity contribution in [2.24, 2.45) is 0 Å². The molecule has 0 fully saturated rings. The van der Waals surface area contributed by atoms with Gasteiger partial charge in [-0.15, -0.1) is 0 Å². The summed E-state index contributed by atoms with van der Waals surface area (Å²) in [6.07, 6.45) is 0.402. The number of hydrogen-bond donors (Lipinski definition) is 1. The van der Waals surface area contributed by atoms with Crippen molar-refractivity contribution in [2.75, 3.05) is 5.73 Å². The first-order chi connectivity index (χ1) is 5.15. The number of benzene rings is 1. The second-order valence-electron chi connectivity index (χ2n) is 2.02. The molecule has 0 spiro atoms. The van der Waals surface area contributed by atoms with E-state index < -0.39 is 11.6 Å². The van der Waals surface area contributed by atoms with Crippen molar-refractivity contribution in [3.63, 3.8) is 0 Å². The number of nitrogens with two attached hydrogens (primary N) is 1. The molecule has 0 saturated carbocycles. The lowest BCUT2D eigenvalue weighted by Crippen LogP contribution is -1.96. The van der Waals surface area contributed by atoms with E-state index in [2.05, 4.69) is 0 Å². The van der Waals surface area contributed by atoms with Crippen LogP contribution in [0.15, 0.2) is 12.1 Å². The quantitative estimate of drug-likeness (QED) is 0.494. The molecule has 4 heteroatoms. The first kappa shape index (κ1) is 7.65. The predicted molar refractivity (Wildman–Crippen MR) is 36.2 cm³/mol. The normalized spacial score (nSPS) is 9.64. The van der Waals surface area contributed by atoms with E-state index in [4.69, 9.17) is 5.73 Å². The molecule has 2 nitrogen and oxygen atoms in total. The van der Waals surface area contributed by atoms with Crippen LogP contribution in [-0.2, 0) is 0 Å². The molecule has 0 saturated heterocycles. The Morgan fingerprint density at radius 2 is 2.00 bits per heavy atom. The van der Waals surface area contributed by atoms with Crippen molar-refractivity contribution in [2.45, 2.75) is 0 Å². The summed E-state index contributed by atoms with van der Waals surface area (Å²) in [6.45, 7) is 0. The van der Waals surface area contributed by atoms with Crippen LogP contribution in [0.5, 0.6) is 0 Å². The summed E-state index contributed by atoms with van der Waals surface area (Å²) < 4.78 is 24.8. The van der Waals surface area contributed by atoms with Crippen LogP contribution in [0.2, 0.25) is 0 Å². The second kappa shape index (κ2) is 2.65. The molecule has 0 aliphatic heterocycles. The maximum atomic E-state index is 12.4. The van der Waals surface area contributed by atoms with Gasteiger partial charge in [0.1, 0.15) is 6.29 Å². The Bertz CT molecular complexity index is 275. The molecular formula is C7H5F2NO. The van der Waals surface area contributed by atoms with E-state index in [9.17, 15) is 13.6 Å². The number of aldehydes is 1. The van der Waals surface area contributed by atoms with Crippen LogP contribution in [0.4, 0.5) is 14.5 Å². The highest BCUT2D eigenvalue weighted by molar-refractivity contribution is 5.76. The maximum Gasteiger partial charge on any atom is 0.181 e. The standard InChI is InChI=1S/C7H5F2NO/c8-5-1-4(3-11)2-6(10)7(5)9/h1-3H,10H2. The molecule has 11 heavy (non-hydrogen) atoms. The van der Waals surface area contributed by atoms with Crippen molar-refractivity contribution < 1.29 is 13.6 Å². The molecule has 0 heterocycles. The SMILES string of the molecule is Nc1cc(C=O)cc(F)c1F. The Balaban J connectivity index is 3.31. The van der Waals surface area contributed by atoms with Gasteiger partial charge in [-0.05, 0) is 12.1 Å². The van der Waals surface area contributed by atoms with E-state index in [1.165, 1.54) is 0 Å². The first-order valence-electron chi connectivity index (χ1n) is 2.85. The lowest BCUT2D eigenvalue weighted by atomic mass is 10.2. The molecule has 2 N–H and O–H groups in total. The Labute approximate surface area is 61.6 Å². The van der Waals surface area contributed by atoms with Gasteiger partial charge in [0.05, 0.1) is 5.69 Å². The van der Waals surface area contributed by atoms with Crippen LogP contribution >= 0.6 is 0 Å². The van der Waals surface area contributed by atoms with E-state index in [0.717, 1.165) is 12.1 Å². The lowest BCUT2D eigenvalue weighted by molar-refractivity contribution is 0.112. The maximum absolute atomic E-state index is 12.4. The van der Waals surface area contributed by atoms with Gasteiger partial charge in [-0.25, -0.2) is 8.78 Å². The molecule has 0 radical (unpaired) electrons.